The number of hydrogen-bond donors (Lipinski definition) is 5. The number of rotatable bonds is 9. The number of ether oxygens (including phenoxy) is 1. The van der Waals surface area contributed by atoms with Crippen LogP contribution in [0.1, 0.15) is 36.0 Å². The van der Waals surface area contributed by atoms with E-state index in [-0.39, 0.29) is 24.7 Å². The number of carboxylic acid groups (broad SMARTS) is 2. The number of anilines is 2. The van der Waals surface area contributed by atoms with Crippen molar-refractivity contribution in [2.24, 2.45) is 21.5 Å². The molecule has 0 radical (unpaired) electrons. The monoisotopic (exact) mass is 470 g/mol. The molecule has 2 atom stereocenters. The van der Waals surface area contributed by atoms with E-state index in [1.807, 2.05) is 24.1 Å². The highest BCUT2D eigenvalue weighted by molar-refractivity contribution is 5.96. The highest BCUT2D eigenvalue weighted by Crippen LogP contribution is 2.23. The molecule has 1 aliphatic rings. The van der Waals surface area contributed by atoms with Gasteiger partial charge < -0.3 is 36.6 Å². The number of hydrogen-bond acceptors (Lipinski definition) is 11. The maximum atomic E-state index is 11.4. The van der Waals surface area contributed by atoms with Crippen molar-refractivity contribution < 1.29 is 24.5 Å². The van der Waals surface area contributed by atoms with E-state index in [1.54, 1.807) is 18.3 Å². The van der Waals surface area contributed by atoms with Crippen LogP contribution in [0.5, 0.6) is 0 Å². The SMILES string of the molecule is CO/C(=N\C(CCC(=O)O)C(=O)O)c1ccc(N(C)Cc2cnc3c(n2)C(N)N=C(N)N3)cc1. The minimum absolute atomic E-state index is 0.105. The number of aliphatic carboxylic acids is 2. The van der Waals surface area contributed by atoms with E-state index in [0.717, 1.165) is 5.69 Å². The Morgan fingerprint density at radius 1 is 1.29 bits per heavy atom. The minimum atomic E-state index is -1.23. The predicted octanol–water partition coefficient (Wildman–Crippen LogP) is 0.522. The van der Waals surface area contributed by atoms with Gasteiger partial charge in [0, 0.05) is 24.7 Å². The van der Waals surface area contributed by atoms with Crippen LogP contribution in [0, 0.1) is 0 Å². The van der Waals surface area contributed by atoms with Crippen molar-refractivity contribution in [1.82, 2.24) is 9.97 Å². The fourth-order valence-electron chi connectivity index (χ4n) is 3.27. The lowest BCUT2D eigenvalue weighted by atomic mass is 10.1. The molecule has 1 aromatic carbocycles. The van der Waals surface area contributed by atoms with Crippen molar-refractivity contribution >= 4 is 35.3 Å². The second-order valence-electron chi connectivity index (χ2n) is 7.51. The molecule has 13 nitrogen and oxygen atoms in total. The van der Waals surface area contributed by atoms with E-state index >= 15 is 0 Å². The molecule has 2 aromatic rings. The molecule has 0 bridgehead atoms. The molecule has 0 aliphatic carbocycles. The lowest BCUT2D eigenvalue weighted by Crippen LogP contribution is -2.32. The number of carbonyl (C=O) groups is 2. The molecular formula is C21H26N8O5. The van der Waals surface area contributed by atoms with E-state index in [0.29, 0.717) is 29.3 Å². The van der Waals surface area contributed by atoms with Gasteiger partial charge in [0.2, 0.25) is 5.90 Å². The second-order valence-corrected chi connectivity index (χ2v) is 7.51. The number of nitrogens with one attached hydrogen (secondary N) is 1. The maximum absolute atomic E-state index is 11.4. The first-order chi connectivity index (χ1) is 16.2. The fourth-order valence-corrected chi connectivity index (χ4v) is 3.27. The Bertz CT molecular complexity index is 1120. The van der Waals surface area contributed by atoms with E-state index in [2.05, 4.69) is 25.3 Å². The molecule has 1 aliphatic heterocycles. The highest BCUT2D eigenvalue weighted by Gasteiger charge is 2.21. The van der Waals surface area contributed by atoms with Crippen LogP contribution in [0.2, 0.25) is 0 Å². The van der Waals surface area contributed by atoms with Gasteiger partial charge >= 0.3 is 11.9 Å². The average Bonchev–Trinajstić information content (AvgIpc) is 2.79. The van der Waals surface area contributed by atoms with E-state index < -0.39 is 24.1 Å². The summed E-state index contributed by atoms with van der Waals surface area (Å²) in [5, 5.41) is 21.0. The minimum Gasteiger partial charge on any atom is -0.481 e. The van der Waals surface area contributed by atoms with Crippen LogP contribution < -0.4 is 21.7 Å². The van der Waals surface area contributed by atoms with Gasteiger partial charge in [0.25, 0.3) is 0 Å². The van der Waals surface area contributed by atoms with Gasteiger partial charge in [-0.05, 0) is 30.7 Å². The van der Waals surface area contributed by atoms with Crippen molar-refractivity contribution in [2.75, 3.05) is 24.4 Å². The van der Waals surface area contributed by atoms with Crippen LogP contribution in [-0.2, 0) is 20.9 Å². The Kier molecular flexibility index (Phi) is 7.58. The zero-order chi connectivity index (χ0) is 24.8. The molecule has 13 heteroatoms. The van der Waals surface area contributed by atoms with E-state index in [1.165, 1.54) is 7.11 Å². The molecule has 180 valence electrons. The molecule has 0 amide bonds. The predicted molar refractivity (Wildman–Crippen MR) is 125 cm³/mol. The van der Waals surface area contributed by atoms with Crippen molar-refractivity contribution in [1.29, 1.82) is 0 Å². The summed E-state index contributed by atoms with van der Waals surface area (Å²) in [7, 11) is 3.25. The van der Waals surface area contributed by atoms with Crippen LogP contribution >= 0.6 is 0 Å². The number of aliphatic imine (C=N–C) groups is 2. The summed E-state index contributed by atoms with van der Waals surface area (Å²) in [4.78, 5) is 41.2. The largest absolute Gasteiger partial charge is 0.481 e. The van der Waals surface area contributed by atoms with Crippen molar-refractivity contribution in [3.8, 4) is 0 Å². The third-order valence-corrected chi connectivity index (χ3v) is 4.99. The molecule has 2 unspecified atom stereocenters. The Morgan fingerprint density at radius 2 is 2.00 bits per heavy atom. The summed E-state index contributed by atoms with van der Waals surface area (Å²) in [6.45, 7) is 0.438. The normalized spacial score (nSPS) is 16.0. The fraction of sp³-hybridized carbons (Fsp3) is 0.333. The van der Waals surface area contributed by atoms with Gasteiger partial charge in [0.05, 0.1) is 25.5 Å². The highest BCUT2D eigenvalue weighted by atomic mass is 16.5. The summed E-state index contributed by atoms with van der Waals surface area (Å²) < 4.78 is 5.26. The number of guanidine groups is 1. The second kappa shape index (κ2) is 10.6. The molecule has 34 heavy (non-hydrogen) atoms. The number of methoxy groups -OCH3 is 1. The van der Waals surface area contributed by atoms with Gasteiger partial charge in [-0.2, -0.15) is 0 Å². The van der Waals surface area contributed by atoms with Crippen LogP contribution in [0.15, 0.2) is 40.4 Å². The first-order valence-electron chi connectivity index (χ1n) is 10.3. The smallest absolute Gasteiger partial charge is 0.328 e. The van der Waals surface area contributed by atoms with Gasteiger partial charge in [0.1, 0.15) is 11.9 Å². The number of benzene rings is 1. The molecule has 3 rings (SSSR count). The van der Waals surface area contributed by atoms with Gasteiger partial charge in [0.15, 0.2) is 17.8 Å². The van der Waals surface area contributed by atoms with E-state index in [4.69, 9.17) is 21.3 Å². The summed E-state index contributed by atoms with van der Waals surface area (Å²) in [5.41, 5.74) is 14.2. The first kappa shape index (κ1) is 24.4. The average molecular weight is 470 g/mol. The van der Waals surface area contributed by atoms with Crippen LogP contribution in [-0.4, -0.2) is 64.2 Å². The molecule has 1 aromatic heterocycles. The van der Waals surface area contributed by atoms with Crippen molar-refractivity contribution in [3.63, 3.8) is 0 Å². The van der Waals surface area contributed by atoms with Gasteiger partial charge in [-0.3, -0.25) is 4.79 Å². The molecule has 0 spiro atoms. The Hall–Kier alpha value is -4.26. The lowest BCUT2D eigenvalue weighted by molar-refractivity contribution is -0.139. The van der Waals surface area contributed by atoms with Gasteiger partial charge in [-0.1, -0.05) is 0 Å². The Balaban J connectivity index is 1.73. The summed E-state index contributed by atoms with van der Waals surface area (Å²) in [6, 6.07) is 5.89. The Labute approximate surface area is 195 Å². The Morgan fingerprint density at radius 3 is 2.62 bits per heavy atom. The molecular weight excluding hydrogens is 444 g/mol. The first-order valence-corrected chi connectivity index (χ1v) is 10.3. The number of aromatic nitrogens is 2. The zero-order valence-corrected chi connectivity index (χ0v) is 18.7. The summed E-state index contributed by atoms with van der Waals surface area (Å²) >= 11 is 0. The van der Waals surface area contributed by atoms with Crippen LogP contribution in [0.25, 0.3) is 0 Å². The molecule has 7 N–H and O–H groups in total. The quantitative estimate of drug-likeness (QED) is 0.252. The number of fused-ring (bicyclic) bond motifs is 1. The third-order valence-electron chi connectivity index (χ3n) is 4.99. The summed E-state index contributed by atoms with van der Waals surface area (Å²) in [5.74, 6) is -1.54. The molecule has 0 saturated carbocycles. The lowest BCUT2D eigenvalue weighted by Gasteiger charge is -2.22. The number of nitrogens with zero attached hydrogens (tertiary/aromatic N) is 5. The zero-order valence-electron chi connectivity index (χ0n) is 18.7. The standard InChI is InChI=1S/C21H26N8O5/c1-29(10-12-9-24-18-16(25-12)17(22)27-21(23)28-18)13-5-3-11(4-6-13)19(34-2)26-14(20(32)33)7-8-15(30)31/h3-6,9,14,17H,7-8,10,22H2,1-2H3,(H,30,31)(H,32,33)(H3,23,24,27,28)/b26-19-. The molecule has 0 saturated heterocycles. The van der Waals surface area contributed by atoms with Crippen molar-refractivity contribution in [2.45, 2.75) is 31.6 Å². The topological polar surface area (TPSA) is 202 Å². The van der Waals surface area contributed by atoms with Gasteiger partial charge in [-0.15, -0.1) is 0 Å². The van der Waals surface area contributed by atoms with E-state index in [9.17, 15) is 14.7 Å². The maximum Gasteiger partial charge on any atom is 0.328 e. The summed E-state index contributed by atoms with van der Waals surface area (Å²) in [6.07, 6.45) is 0.483. The van der Waals surface area contributed by atoms with Crippen LogP contribution in [0.4, 0.5) is 11.5 Å². The van der Waals surface area contributed by atoms with Gasteiger partial charge in [-0.25, -0.2) is 24.7 Å². The number of carboxylic acids is 2. The number of nitrogens with two attached hydrogens (primary N) is 2. The van der Waals surface area contributed by atoms with Crippen molar-refractivity contribution in [3.05, 3.63) is 47.4 Å². The third kappa shape index (κ3) is 5.95. The van der Waals surface area contributed by atoms with Crippen LogP contribution in [0.3, 0.4) is 0 Å². The molecule has 2 heterocycles. The molecule has 0 fully saturated rings.